The number of halogens is 1. The minimum Gasteiger partial charge on any atom is -0.427 e. The first-order valence-electron chi connectivity index (χ1n) is 13.9. The van der Waals surface area contributed by atoms with Gasteiger partial charge in [-0.3, -0.25) is 14.4 Å². The highest BCUT2D eigenvalue weighted by atomic mass is 35.5. The molecule has 0 saturated carbocycles. The van der Waals surface area contributed by atoms with Gasteiger partial charge in [0.25, 0.3) is 11.8 Å². The maximum absolute atomic E-state index is 13.7. The van der Waals surface area contributed by atoms with E-state index in [4.69, 9.17) is 31.5 Å². The summed E-state index contributed by atoms with van der Waals surface area (Å²) in [6.07, 6.45) is -0.885. The Morgan fingerprint density at radius 1 is 1.02 bits per heavy atom. The Labute approximate surface area is 255 Å². The number of rotatable bonds is 8. The number of amides is 2. The number of carbonyl (C=O) groups is 4. The summed E-state index contributed by atoms with van der Waals surface area (Å²) in [4.78, 5) is 52.3. The highest BCUT2D eigenvalue weighted by Gasteiger charge is 2.30. The fraction of sp³-hybridized carbons (Fsp3) is 0.312. The topological polar surface area (TPSA) is 137 Å². The number of hydrogen-bond acceptors (Lipinski definition) is 8. The van der Waals surface area contributed by atoms with Crippen LogP contribution >= 0.6 is 11.6 Å². The molecule has 1 unspecified atom stereocenters. The predicted molar refractivity (Wildman–Crippen MR) is 162 cm³/mol. The minimum atomic E-state index is -1.04. The van der Waals surface area contributed by atoms with Crippen molar-refractivity contribution in [2.24, 2.45) is 11.7 Å². The quantitative estimate of drug-likeness (QED) is 0.234. The first kappa shape index (κ1) is 31.5. The van der Waals surface area contributed by atoms with Crippen LogP contribution in [0.25, 0.3) is 0 Å². The third-order valence-corrected chi connectivity index (χ3v) is 7.34. The predicted octanol–water partition coefficient (Wildman–Crippen LogP) is 6.02. The van der Waals surface area contributed by atoms with Crippen LogP contribution in [0.2, 0.25) is 5.02 Å². The van der Waals surface area contributed by atoms with Crippen molar-refractivity contribution < 1.29 is 33.4 Å². The Hall–Kier alpha value is -4.41. The molecule has 0 aliphatic carbocycles. The molecule has 0 aromatic heterocycles. The van der Waals surface area contributed by atoms with Crippen molar-refractivity contribution in [2.45, 2.75) is 45.8 Å². The lowest BCUT2D eigenvalue weighted by Crippen LogP contribution is -2.37. The Kier molecular flexibility index (Phi) is 10.4. The molecule has 3 N–H and O–H groups in total. The van der Waals surface area contributed by atoms with Crippen LogP contribution in [0.15, 0.2) is 66.7 Å². The van der Waals surface area contributed by atoms with Gasteiger partial charge in [-0.15, -0.1) is 0 Å². The molecule has 1 heterocycles. The first-order chi connectivity index (χ1) is 20.5. The van der Waals surface area contributed by atoms with Gasteiger partial charge in [0, 0.05) is 33.9 Å². The first-order valence-corrected chi connectivity index (χ1v) is 14.3. The number of esters is 1. The zero-order valence-electron chi connectivity index (χ0n) is 24.2. The molecule has 1 aliphatic heterocycles. The molecule has 3 aromatic rings. The number of ether oxygens (including phenoxy) is 3. The molecule has 0 fully saturated rings. The van der Waals surface area contributed by atoms with E-state index in [0.29, 0.717) is 52.5 Å². The largest absolute Gasteiger partial charge is 0.511 e. The number of anilines is 2. The van der Waals surface area contributed by atoms with E-state index in [1.165, 1.54) is 0 Å². The summed E-state index contributed by atoms with van der Waals surface area (Å²) in [5.41, 5.74) is 9.20. The van der Waals surface area contributed by atoms with Crippen LogP contribution in [-0.2, 0) is 19.0 Å². The van der Waals surface area contributed by atoms with Crippen molar-refractivity contribution in [1.82, 2.24) is 0 Å². The van der Waals surface area contributed by atoms with Gasteiger partial charge >= 0.3 is 12.1 Å². The molecule has 10 nitrogen and oxygen atoms in total. The normalized spacial score (nSPS) is 15.1. The smallest absolute Gasteiger partial charge is 0.427 e. The van der Waals surface area contributed by atoms with Gasteiger partial charge in [0.15, 0.2) is 0 Å². The maximum Gasteiger partial charge on any atom is 0.511 e. The van der Waals surface area contributed by atoms with Crippen LogP contribution in [0.5, 0.6) is 0 Å². The summed E-state index contributed by atoms with van der Waals surface area (Å²) < 4.78 is 15.4. The van der Waals surface area contributed by atoms with Crippen molar-refractivity contribution in [3.63, 3.8) is 0 Å². The molecular weight excluding hydrogens is 574 g/mol. The van der Waals surface area contributed by atoms with Gasteiger partial charge in [0.2, 0.25) is 6.79 Å². The molecule has 0 bridgehead atoms. The van der Waals surface area contributed by atoms with Crippen molar-refractivity contribution in [2.75, 3.05) is 23.6 Å². The van der Waals surface area contributed by atoms with Crippen LogP contribution in [0.3, 0.4) is 0 Å². The lowest BCUT2D eigenvalue weighted by atomic mass is 10.0. The number of carbonyl (C=O) groups excluding carboxylic acids is 4. The van der Waals surface area contributed by atoms with E-state index in [2.05, 4.69) is 5.32 Å². The molecule has 3 aromatic carbocycles. The number of fused-ring (bicyclic) bond motifs is 1. The molecule has 4 rings (SSSR count). The zero-order chi connectivity index (χ0) is 31.1. The van der Waals surface area contributed by atoms with E-state index in [1.807, 2.05) is 19.1 Å². The number of hydrogen-bond donors (Lipinski definition) is 2. The van der Waals surface area contributed by atoms with Crippen LogP contribution < -0.4 is 16.0 Å². The SMILES string of the molecule is Cc1ccccc1C(=O)Nc1ccc(C(=O)N2CCCC(OC(=O)OCOC(=O)[C@@H](N)C(C)C)c3cc(Cl)ccc32)cc1. The molecule has 2 atom stereocenters. The Morgan fingerprint density at radius 2 is 1.74 bits per heavy atom. The lowest BCUT2D eigenvalue weighted by Gasteiger charge is -2.24. The fourth-order valence-electron chi connectivity index (χ4n) is 4.61. The molecule has 11 heteroatoms. The Balaban J connectivity index is 1.44. The fourth-order valence-corrected chi connectivity index (χ4v) is 4.79. The summed E-state index contributed by atoms with van der Waals surface area (Å²) in [6, 6.07) is 18.1. The van der Waals surface area contributed by atoms with Gasteiger partial charge in [-0.05, 0) is 79.8 Å². The third-order valence-electron chi connectivity index (χ3n) is 7.11. The second-order valence-corrected chi connectivity index (χ2v) is 10.9. The monoisotopic (exact) mass is 607 g/mol. The zero-order valence-corrected chi connectivity index (χ0v) is 24.9. The minimum absolute atomic E-state index is 0.139. The molecule has 1 aliphatic rings. The average molecular weight is 608 g/mol. The van der Waals surface area contributed by atoms with Gasteiger partial charge in [0.1, 0.15) is 12.1 Å². The van der Waals surface area contributed by atoms with E-state index in [0.717, 1.165) is 5.56 Å². The van der Waals surface area contributed by atoms with Crippen molar-refractivity contribution in [3.05, 3.63) is 94.0 Å². The van der Waals surface area contributed by atoms with E-state index in [1.54, 1.807) is 73.3 Å². The molecule has 0 spiro atoms. The summed E-state index contributed by atoms with van der Waals surface area (Å²) in [6.45, 7) is 5.12. The maximum atomic E-state index is 13.7. The van der Waals surface area contributed by atoms with Crippen molar-refractivity contribution in [1.29, 1.82) is 0 Å². The van der Waals surface area contributed by atoms with Gasteiger partial charge in [-0.1, -0.05) is 43.6 Å². The Morgan fingerprint density at radius 3 is 2.44 bits per heavy atom. The third kappa shape index (κ3) is 7.91. The van der Waals surface area contributed by atoms with Gasteiger partial charge < -0.3 is 30.2 Å². The molecule has 0 saturated heterocycles. The van der Waals surface area contributed by atoms with Gasteiger partial charge in [-0.2, -0.15) is 0 Å². The Bertz CT molecular complexity index is 1490. The van der Waals surface area contributed by atoms with Crippen LogP contribution in [0.4, 0.5) is 16.2 Å². The second-order valence-electron chi connectivity index (χ2n) is 10.5. The summed E-state index contributed by atoms with van der Waals surface area (Å²) in [5.74, 6) is -1.33. The molecule has 43 heavy (non-hydrogen) atoms. The van der Waals surface area contributed by atoms with Crippen LogP contribution in [0.1, 0.15) is 64.6 Å². The lowest BCUT2D eigenvalue weighted by molar-refractivity contribution is -0.156. The molecule has 226 valence electrons. The molecule has 0 radical (unpaired) electrons. The van der Waals surface area contributed by atoms with Crippen LogP contribution in [-0.4, -0.2) is 43.3 Å². The van der Waals surface area contributed by atoms with E-state index >= 15 is 0 Å². The van der Waals surface area contributed by atoms with E-state index in [9.17, 15) is 19.2 Å². The van der Waals surface area contributed by atoms with Crippen LogP contribution in [0, 0.1) is 12.8 Å². The summed E-state index contributed by atoms with van der Waals surface area (Å²) in [7, 11) is 0. The highest BCUT2D eigenvalue weighted by molar-refractivity contribution is 6.30. The number of nitrogens with two attached hydrogens (primary N) is 1. The van der Waals surface area contributed by atoms with Gasteiger partial charge in [-0.25, -0.2) is 4.79 Å². The number of benzene rings is 3. The van der Waals surface area contributed by atoms with Gasteiger partial charge in [0.05, 0.1) is 5.69 Å². The van der Waals surface area contributed by atoms with Crippen molar-refractivity contribution in [3.8, 4) is 0 Å². The molecule has 2 amide bonds. The standard InChI is InChI=1S/C32H34ClN3O7/c1-19(2)28(34)31(39)41-18-42-32(40)43-27-9-6-16-36(26-15-12-22(33)17-25(26)27)30(38)21-10-13-23(14-11-21)35-29(37)24-8-5-4-7-20(24)3/h4-5,7-8,10-15,17,19,27-28H,6,9,16,18,34H2,1-3H3,(H,35,37)/t27?,28-/m0/s1. The summed E-state index contributed by atoms with van der Waals surface area (Å²) >= 11 is 6.28. The number of nitrogens with one attached hydrogen (secondary N) is 1. The summed E-state index contributed by atoms with van der Waals surface area (Å²) in [5, 5.41) is 3.26. The average Bonchev–Trinajstić information content (AvgIpc) is 3.15. The highest BCUT2D eigenvalue weighted by Crippen LogP contribution is 2.38. The molecular formula is C32H34ClN3O7. The number of aryl methyl sites for hydroxylation is 1. The number of nitrogens with zero attached hydrogens (tertiary/aromatic N) is 1. The van der Waals surface area contributed by atoms with E-state index < -0.39 is 31.1 Å². The second kappa shape index (κ2) is 14.2. The van der Waals surface area contributed by atoms with E-state index in [-0.39, 0.29) is 17.7 Å². The van der Waals surface area contributed by atoms with Crippen molar-refractivity contribution >= 4 is 46.9 Å².